The molecule has 8 heteroatoms. The van der Waals surface area contributed by atoms with Gasteiger partial charge in [-0.2, -0.15) is 5.26 Å². The van der Waals surface area contributed by atoms with Crippen LogP contribution in [0.15, 0.2) is 73.1 Å². The molecule has 0 saturated carbocycles. The highest BCUT2D eigenvalue weighted by molar-refractivity contribution is 6.30. The second kappa shape index (κ2) is 8.08. The van der Waals surface area contributed by atoms with Crippen LogP contribution in [-0.4, -0.2) is 28.8 Å². The first-order chi connectivity index (χ1) is 16.4. The molecule has 1 amide bonds. The molecule has 2 N–H and O–H groups in total. The zero-order chi connectivity index (χ0) is 24.0. The highest BCUT2D eigenvalue weighted by Gasteiger charge is 2.65. The second-order valence-electron chi connectivity index (χ2n) is 8.33. The molecule has 2 aliphatic rings. The summed E-state index contributed by atoms with van der Waals surface area (Å²) in [4.78, 5) is 32.9. The predicted molar refractivity (Wildman–Crippen MR) is 125 cm³/mol. The zero-order valence-electron chi connectivity index (χ0n) is 17.7. The molecule has 2 aliphatic heterocycles. The molecule has 1 aromatic heterocycles. The Balaban J connectivity index is 1.80. The molecule has 6 nitrogen and oxygen atoms in total. The van der Waals surface area contributed by atoms with Crippen molar-refractivity contribution in [3.8, 4) is 6.07 Å². The van der Waals surface area contributed by atoms with Crippen LogP contribution in [0.25, 0.3) is 6.08 Å². The lowest BCUT2D eigenvalue weighted by molar-refractivity contribution is -0.125. The summed E-state index contributed by atoms with van der Waals surface area (Å²) in [6, 6.07) is 14.3. The number of Topliss-reactive ketones (excluding diaryl/α,β-unsaturated/α-hetero) is 1. The fourth-order valence-electron chi connectivity index (χ4n) is 5.19. The number of nitrogens with two attached hydrogens (primary N) is 1. The number of carbonyl (C=O) groups excluding carboxylic acids is 2. The Labute approximate surface area is 200 Å². The molecule has 5 rings (SSSR count). The Morgan fingerprint density at radius 3 is 2.47 bits per heavy atom. The van der Waals surface area contributed by atoms with Gasteiger partial charge in [0.2, 0.25) is 5.91 Å². The van der Waals surface area contributed by atoms with Crippen molar-refractivity contribution in [1.29, 1.82) is 5.26 Å². The van der Waals surface area contributed by atoms with E-state index < -0.39 is 35.1 Å². The van der Waals surface area contributed by atoms with Gasteiger partial charge in [-0.05, 0) is 60.2 Å². The molecule has 1 saturated heterocycles. The first-order valence-corrected chi connectivity index (χ1v) is 10.9. The molecule has 168 valence electrons. The number of nitrogens with zero attached hydrogens (tertiary/aromatic N) is 3. The van der Waals surface area contributed by atoms with Crippen LogP contribution in [0.4, 0.5) is 10.1 Å². The van der Waals surface area contributed by atoms with Gasteiger partial charge >= 0.3 is 0 Å². The van der Waals surface area contributed by atoms with Crippen LogP contribution in [0.5, 0.6) is 0 Å². The van der Waals surface area contributed by atoms with Gasteiger partial charge in [-0.15, -0.1) is 0 Å². The lowest BCUT2D eigenvalue weighted by atomic mass is 9.67. The number of rotatable bonds is 4. The SMILES string of the molecule is N#C[C@]1(C(N)=O)[C@H](c2ccncc2)[C@H](C(=O)c2ccc(Cl)cc2)N2c3ccc(F)cc3C=C[C@H]21. The third kappa shape index (κ3) is 3.11. The summed E-state index contributed by atoms with van der Waals surface area (Å²) in [7, 11) is 0. The van der Waals surface area contributed by atoms with Crippen molar-refractivity contribution in [3.05, 3.63) is 101 Å². The van der Waals surface area contributed by atoms with Gasteiger partial charge in [0.15, 0.2) is 11.2 Å². The minimum Gasteiger partial charge on any atom is -0.368 e. The number of halogens is 2. The molecule has 34 heavy (non-hydrogen) atoms. The molecule has 3 aromatic rings. The summed E-state index contributed by atoms with van der Waals surface area (Å²) >= 11 is 6.02. The van der Waals surface area contributed by atoms with Crippen LogP contribution < -0.4 is 10.6 Å². The molecular formula is C26H18ClFN4O2. The summed E-state index contributed by atoms with van der Waals surface area (Å²) in [6.07, 6.45) is 6.39. The molecule has 2 aromatic carbocycles. The van der Waals surface area contributed by atoms with Crippen molar-refractivity contribution in [2.75, 3.05) is 4.90 Å². The molecule has 0 bridgehead atoms. The number of pyridine rings is 1. The van der Waals surface area contributed by atoms with Crippen LogP contribution in [0.3, 0.4) is 0 Å². The lowest BCUT2D eigenvalue weighted by Gasteiger charge is -2.36. The van der Waals surface area contributed by atoms with Gasteiger partial charge in [-0.3, -0.25) is 14.6 Å². The van der Waals surface area contributed by atoms with Gasteiger partial charge in [0.25, 0.3) is 0 Å². The fourth-order valence-corrected chi connectivity index (χ4v) is 5.31. The third-order valence-corrected chi connectivity index (χ3v) is 6.91. The van der Waals surface area contributed by atoms with E-state index in [4.69, 9.17) is 17.3 Å². The Morgan fingerprint density at radius 1 is 1.12 bits per heavy atom. The van der Waals surface area contributed by atoms with Crippen LogP contribution in [0, 0.1) is 22.6 Å². The number of ketones is 1. The fraction of sp³-hybridized carbons (Fsp3) is 0.154. The summed E-state index contributed by atoms with van der Waals surface area (Å²) < 4.78 is 14.0. The topological polar surface area (TPSA) is 100 Å². The lowest BCUT2D eigenvalue weighted by Crippen LogP contribution is -2.49. The van der Waals surface area contributed by atoms with Crippen molar-refractivity contribution in [2.45, 2.75) is 18.0 Å². The smallest absolute Gasteiger partial charge is 0.241 e. The third-order valence-electron chi connectivity index (χ3n) is 6.65. The van der Waals surface area contributed by atoms with Crippen LogP contribution in [-0.2, 0) is 4.79 Å². The van der Waals surface area contributed by atoms with Crippen LogP contribution >= 0.6 is 11.6 Å². The zero-order valence-corrected chi connectivity index (χ0v) is 18.5. The first-order valence-electron chi connectivity index (χ1n) is 10.6. The summed E-state index contributed by atoms with van der Waals surface area (Å²) in [5, 5.41) is 10.9. The second-order valence-corrected chi connectivity index (χ2v) is 8.77. The van der Waals surface area contributed by atoms with E-state index >= 15 is 0 Å². The molecule has 1 fully saturated rings. The number of amides is 1. The van der Waals surface area contributed by atoms with Crippen LogP contribution in [0.1, 0.15) is 27.4 Å². The van der Waals surface area contributed by atoms with E-state index in [9.17, 15) is 19.2 Å². The van der Waals surface area contributed by atoms with Gasteiger partial charge < -0.3 is 10.6 Å². The summed E-state index contributed by atoms with van der Waals surface area (Å²) in [5.41, 5.74) is 6.17. The Morgan fingerprint density at radius 2 is 1.82 bits per heavy atom. The first kappa shape index (κ1) is 21.8. The maximum absolute atomic E-state index is 14.0. The molecule has 4 atom stereocenters. The van der Waals surface area contributed by atoms with E-state index in [-0.39, 0.29) is 5.78 Å². The quantitative estimate of drug-likeness (QED) is 0.576. The van der Waals surface area contributed by atoms with Crippen molar-refractivity contribution in [1.82, 2.24) is 4.98 Å². The summed E-state index contributed by atoms with van der Waals surface area (Å²) in [5.74, 6) is -2.50. The highest BCUT2D eigenvalue weighted by Crippen LogP contribution is 2.55. The average molecular weight is 473 g/mol. The molecule has 0 spiro atoms. The van der Waals surface area contributed by atoms with E-state index in [0.717, 1.165) is 0 Å². The number of carbonyl (C=O) groups is 2. The maximum atomic E-state index is 14.0. The van der Waals surface area contributed by atoms with Crippen LogP contribution in [0.2, 0.25) is 5.02 Å². The number of anilines is 1. The Kier molecular flexibility index (Phi) is 5.18. The molecule has 0 radical (unpaired) electrons. The van der Waals surface area contributed by atoms with Gasteiger partial charge in [0, 0.05) is 40.1 Å². The van der Waals surface area contributed by atoms with Gasteiger partial charge in [-0.25, -0.2) is 4.39 Å². The number of fused-ring (bicyclic) bond motifs is 3. The number of nitriles is 1. The normalized spacial score (nSPS) is 24.7. The van der Waals surface area contributed by atoms with E-state index in [0.29, 0.717) is 27.4 Å². The number of primary amides is 1. The van der Waals surface area contributed by atoms with Crippen molar-refractivity contribution < 1.29 is 14.0 Å². The Bertz CT molecular complexity index is 1370. The van der Waals surface area contributed by atoms with Gasteiger partial charge in [0.05, 0.1) is 12.1 Å². The predicted octanol–water partition coefficient (Wildman–Crippen LogP) is 4.12. The monoisotopic (exact) mass is 472 g/mol. The molecule has 3 heterocycles. The highest BCUT2D eigenvalue weighted by atomic mass is 35.5. The van der Waals surface area contributed by atoms with E-state index in [1.807, 2.05) is 0 Å². The average Bonchev–Trinajstić information content (AvgIpc) is 3.16. The summed E-state index contributed by atoms with van der Waals surface area (Å²) in [6.45, 7) is 0. The Hall–Kier alpha value is -4.02. The molecule has 0 unspecified atom stereocenters. The van der Waals surface area contributed by atoms with Gasteiger partial charge in [-0.1, -0.05) is 23.8 Å². The van der Waals surface area contributed by atoms with Gasteiger partial charge in [0.1, 0.15) is 11.9 Å². The maximum Gasteiger partial charge on any atom is 0.241 e. The number of hydrogen-bond acceptors (Lipinski definition) is 5. The van der Waals surface area contributed by atoms with E-state index in [1.54, 1.807) is 71.9 Å². The van der Waals surface area contributed by atoms with E-state index in [2.05, 4.69) is 11.1 Å². The van der Waals surface area contributed by atoms with Crippen molar-refractivity contribution in [3.63, 3.8) is 0 Å². The number of aromatic nitrogens is 1. The minimum atomic E-state index is -1.77. The number of benzene rings is 2. The molecule has 0 aliphatic carbocycles. The molecular weight excluding hydrogens is 455 g/mol. The number of hydrogen-bond donors (Lipinski definition) is 1. The van der Waals surface area contributed by atoms with E-state index in [1.165, 1.54) is 12.1 Å². The van der Waals surface area contributed by atoms with Crippen molar-refractivity contribution in [2.24, 2.45) is 11.1 Å². The largest absolute Gasteiger partial charge is 0.368 e. The standard InChI is InChI=1S/C26H18ClFN4O2/c27-18-4-1-16(2-5-18)24(33)23-22(15-9-11-31-12-10-15)26(14-29,25(30)34)21-8-3-17-13-19(28)6-7-20(17)32(21)23/h1-13,21-23H,(H2,30,34)/t21-,22+,23+,26+/m0/s1. The van der Waals surface area contributed by atoms with Crippen molar-refractivity contribution >= 4 is 35.1 Å². The minimum absolute atomic E-state index is 0.313.